The van der Waals surface area contributed by atoms with E-state index in [9.17, 15) is 5.11 Å². The van der Waals surface area contributed by atoms with E-state index in [0.717, 1.165) is 25.7 Å². The Kier molecular flexibility index (Phi) is 3.28. The van der Waals surface area contributed by atoms with Crippen molar-refractivity contribution in [2.24, 2.45) is 0 Å². The van der Waals surface area contributed by atoms with Gasteiger partial charge in [0.2, 0.25) is 11.9 Å². The predicted molar refractivity (Wildman–Crippen MR) is 62.7 cm³/mol. The van der Waals surface area contributed by atoms with Gasteiger partial charge in [0.05, 0.1) is 12.7 Å². The third kappa shape index (κ3) is 2.94. The summed E-state index contributed by atoms with van der Waals surface area (Å²) in [7, 11) is 1.46. The van der Waals surface area contributed by atoms with Crippen molar-refractivity contribution >= 4 is 11.9 Å². The number of aliphatic hydroxyl groups is 1. The third-order valence-corrected chi connectivity index (χ3v) is 2.92. The van der Waals surface area contributed by atoms with Gasteiger partial charge in [-0.2, -0.15) is 15.0 Å². The molecule has 1 aromatic heterocycles. The Bertz CT molecular complexity index is 392. The number of hydrogen-bond donors (Lipinski definition) is 3. The van der Waals surface area contributed by atoms with Crippen LogP contribution in [0.5, 0.6) is 6.01 Å². The average molecular weight is 239 g/mol. The van der Waals surface area contributed by atoms with Gasteiger partial charge in [-0.15, -0.1) is 0 Å². The number of rotatable bonds is 4. The number of aromatic nitrogens is 3. The summed E-state index contributed by atoms with van der Waals surface area (Å²) in [5.41, 5.74) is 4.85. The molecule has 0 aliphatic heterocycles. The van der Waals surface area contributed by atoms with Gasteiger partial charge in [0, 0.05) is 6.54 Å². The zero-order valence-corrected chi connectivity index (χ0v) is 9.81. The van der Waals surface area contributed by atoms with Crippen LogP contribution in [0, 0.1) is 0 Å². The first-order chi connectivity index (χ1) is 8.11. The van der Waals surface area contributed by atoms with Crippen LogP contribution in [0.2, 0.25) is 0 Å². The van der Waals surface area contributed by atoms with Gasteiger partial charge in [0.1, 0.15) is 0 Å². The van der Waals surface area contributed by atoms with E-state index in [4.69, 9.17) is 10.5 Å². The van der Waals surface area contributed by atoms with Gasteiger partial charge in [-0.3, -0.25) is 0 Å². The maximum absolute atomic E-state index is 10.2. The van der Waals surface area contributed by atoms with E-state index in [1.165, 1.54) is 7.11 Å². The molecular formula is C10H17N5O2. The summed E-state index contributed by atoms with van der Waals surface area (Å²) in [5.74, 6) is 0.424. The predicted octanol–water partition coefficient (Wildman–Crippen LogP) is 0.179. The molecule has 0 unspecified atom stereocenters. The Morgan fingerprint density at radius 3 is 2.71 bits per heavy atom. The van der Waals surface area contributed by atoms with E-state index < -0.39 is 5.60 Å². The number of methoxy groups -OCH3 is 1. The quantitative estimate of drug-likeness (QED) is 0.688. The lowest BCUT2D eigenvalue weighted by molar-refractivity contribution is 0.0613. The summed E-state index contributed by atoms with van der Waals surface area (Å²) in [6, 6.07) is 0.165. The van der Waals surface area contributed by atoms with Gasteiger partial charge in [0.15, 0.2) is 0 Å². The molecule has 0 radical (unpaired) electrons. The fourth-order valence-electron chi connectivity index (χ4n) is 2.00. The van der Waals surface area contributed by atoms with Crippen molar-refractivity contribution in [1.29, 1.82) is 0 Å². The smallest absolute Gasteiger partial charge is 0.322 e. The highest BCUT2D eigenvalue weighted by Crippen LogP contribution is 2.29. The summed E-state index contributed by atoms with van der Waals surface area (Å²) in [6.07, 6.45) is 3.72. The first-order valence-electron chi connectivity index (χ1n) is 5.63. The number of anilines is 2. The van der Waals surface area contributed by atoms with Crippen LogP contribution in [0.4, 0.5) is 11.9 Å². The summed E-state index contributed by atoms with van der Waals surface area (Å²) in [6.45, 7) is 0.416. The number of hydrogen-bond acceptors (Lipinski definition) is 7. The third-order valence-electron chi connectivity index (χ3n) is 2.92. The van der Waals surface area contributed by atoms with Crippen molar-refractivity contribution in [3.05, 3.63) is 0 Å². The molecule has 1 fully saturated rings. The Balaban J connectivity index is 2.00. The van der Waals surface area contributed by atoms with Crippen LogP contribution in [0.15, 0.2) is 0 Å². The highest BCUT2D eigenvalue weighted by molar-refractivity contribution is 5.33. The second kappa shape index (κ2) is 4.70. The molecule has 1 saturated carbocycles. The molecular weight excluding hydrogens is 222 g/mol. The van der Waals surface area contributed by atoms with Crippen molar-refractivity contribution in [1.82, 2.24) is 15.0 Å². The SMILES string of the molecule is COc1nc(N)nc(NCC2(O)CCCC2)n1. The van der Waals surface area contributed by atoms with Gasteiger partial charge in [-0.05, 0) is 12.8 Å². The van der Waals surface area contributed by atoms with E-state index in [-0.39, 0.29) is 12.0 Å². The molecule has 7 nitrogen and oxygen atoms in total. The van der Waals surface area contributed by atoms with Gasteiger partial charge in [-0.1, -0.05) is 12.8 Å². The fourth-order valence-corrected chi connectivity index (χ4v) is 2.00. The molecule has 1 aromatic rings. The molecule has 0 atom stereocenters. The number of nitrogen functional groups attached to an aromatic ring is 1. The van der Waals surface area contributed by atoms with Crippen molar-refractivity contribution in [3.8, 4) is 6.01 Å². The first kappa shape index (κ1) is 11.8. The molecule has 4 N–H and O–H groups in total. The largest absolute Gasteiger partial charge is 0.467 e. The Morgan fingerprint density at radius 2 is 2.06 bits per heavy atom. The second-order valence-corrected chi connectivity index (χ2v) is 4.29. The molecule has 1 heterocycles. The normalized spacial score (nSPS) is 18.0. The van der Waals surface area contributed by atoms with E-state index >= 15 is 0 Å². The van der Waals surface area contributed by atoms with Crippen molar-refractivity contribution in [2.45, 2.75) is 31.3 Å². The van der Waals surface area contributed by atoms with Gasteiger partial charge >= 0.3 is 6.01 Å². The van der Waals surface area contributed by atoms with Gasteiger partial charge in [-0.25, -0.2) is 0 Å². The Hall–Kier alpha value is -1.63. The minimum Gasteiger partial charge on any atom is -0.467 e. The average Bonchev–Trinajstić information content (AvgIpc) is 2.73. The van der Waals surface area contributed by atoms with Crippen LogP contribution in [0.3, 0.4) is 0 Å². The van der Waals surface area contributed by atoms with Crippen LogP contribution in [-0.4, -0.2) is 39.3 Å². The summed E-state index contributed by atoms with van der Waals surface area (Å²) < 4.78 is 4.89. The molecule has 17 heavy (non-hydrogen) atoms. The number of nitrogens with zero attached hydrogens (tertiary/aromatic N) is 3. The minimum absolute atomic E-state index is 0.0951. The number of nitrogens with one attached hydrogen (secondary N) is 1. The van der Waals surface area contributed by atoms with Crippen molar-refractivity contribution in [2.75, 3.05) is 24.7 Å². The van der Waals surface area contributed by atoms with Crippen LogP contribution in [0.1, 0.15) is 25.7 Å². The highest BCUT2D eigenvalue weighted by atomic mass is 16.5. The van der Waals surface area contributed by atoms with E-state index in [1.807, 2.05) is 0 Å². The lowest BCUT2D eigenvalue weighted by Crippen LogP contribution is -2.34. The lowest BCUT2D eigenvalue weighted by Gasteiger charge is -2.22. The highest BCUT2D eigenvalue weighted by Gasteiger charge is 2.30. The topological polar surface area (TPSA) is 106 Å². The summed E-state index contributed by atoms with van der Waals surface area (Å²) in [5, 5.41) is 13.1. The zero-order chi connectivity index (χ0) is 12.3. The number of ether oxygens (including phenoxy) is 1. The van der Waals surface area contributed by atoms with Crippen LogP contribution < -0.4 is 15.8 Å². The second-order valence-electron chi connectivity index (χ2n) is 4.29. The first-order valence-corrected chi connectivity index (χ1v) is 5.63. The van der Waals surface area contributed by atoms with E-state index in [2.05, 4.69) is 20.3 Å². The van der Waals surface area contributed by atoms with Gasteiger partial charge < -0.3 is 20.9 Å². The van der Waals surface area contributed by atoms with E-state index in [1.54, 1.807) is 0 Å². The molecule has 2 rings (SSSR count). The summed E-state index contributed by atoms with van der Waals surface area (Å²) >= 11 is 0. The molecule has 0 saturated heterocycles. The maximum Gasteiger partial charge on any atom is 0.322 e. The Labute approximate surface area is 99.4 Å². The van der Waals surface area contributed by atoms with Crippen LogP contribution in [0.25, 0.3) is 0 Å². The van der Waals surface area contributed by atoms with Crippen LogP contribution in [-0.2, 0) is 0 Å². The van der Waals surface area contributed by atoms with E-state index in [0.29, 0.717) is 12.5 Å². The molecule has 0 bridgehead atoms. The molecule has 0 aromatic carbocycles. The Morgan fingerprint density at radius 1 is 1.35 bits per heavy atom. The molecule has 0 spiro atoms. The minimum atomic E-state index is -0.658. The summed E-state index contributed by atoms with van der Waals surface area (Å²) in [4.78, 5) is 11.7. The van der Waals surface area contributed by atoms with Crippen molar-refractivity contribution in [3.63, 3.8) is 0 Å². The van der Waals surface area contributed by atoms with Crippen molar-refractivity contribution < 1.29 is 9.84 Å². The molecule has 7 heteroatoms. The molecule has 94 valence electrons. The standard InChI is InChI=1S/C10H17N5O2/c1-17-9-14-7(11)13-8(15-9)12-6-10(16)4-2-3-5-10/h16H,2-6H2,1H3,(H3,11,12,13,14,15). The molecule has 0 amide bonds. The maximum atomic E-state index is 10.2. The molecule has 1 aliphatic rings. The van der Waals surface area contributed by atoms with Crippen LogP contribution >= 0.6 is 0 Å². The van der Waals surface area contributed by atoms with Gasteiger partial charge in [0.25, 0.3) is 0 Å². The zero-order valence-electron chi connectivity index (χ0n) is 9.81. The monoisotopic (exact) mass is 239 g/mol. The lowest BCUT2D eigenvalue weighted by atomic mass is 10.0. The molecule has 1 aliphatic carbocycles. The fraction of sp³-hybridized carbons (Fsp3) is 0.700. The number of nitrogens with two attached hydrogens (primary N) is 1.